The van der Waals surface area contributed by atoms with Gasteiger partial charge in [-0.15, -0.1) is 0 Å². The Morgan fingerprint density at radius 2 is 0.455 bits per heavy atom. The van der Waals surface area contributed by atoms with Gasteiger partial charge in [0.15, 0.2) is 0 Å². The molecule has 2 heteroatoms. The van der Waals surface area contributed by atoms with Crippen molar-refractivity contribution in [1.29, 1.82) is 0 Å². The molecule has 0 bridgehead atoms. The Labute approximate surface area is 256 Å². The van der Waals surface area contributed by atoms with E-state index in [1.807, 2.05) is 0 Å². The molecular formula is C42H30O2. The van der Waals surface area contributed by atoms with E-state index in [1.165, 1.54) is 65.7 Å². The van der Waals surface area contributed by atoms with Crippen molar-refractivity contribution in [2.45, 2.75) is 0 Å². The van der Waals surface area contributed by atoms with Crippen LogP contribution in [0.3, 0.4) is 0 Å². The van der Waals surface area contributed by atoms with Gasteiger partial charge in [0.25, 0.3) is 0 Å². The molecule has 0 spiro atoms. The lowest BCUT2D eigenvalue weighted by Crippen LogP contribution is -1.92. The number of hydrogen-bond acceptors (Lipinski definition) is 2. The summed E-state index contributed by atoms with van der Waals surface area (Å²) in [5.74, 6) is 1.78. The van der Waals surface area contributed by atoms with E-state index in [4.69, 9.17) is 9.47 Å². The van der Waals surface area contributed by atoms with Crippen molar-refractivity contribution in [3.8, 4) is 44.9 Å². The van der Waals surface area contributed by atoms with Crippen LogP contribution in [-0.2, 0) is 0 Å². The highest BCUT2D eigenvalue weighted by atomic mass is 16.5. The smallest absolute Gasteiger partial charge is 0.126 e. The highest BCUT2D eigenvalue weighted by molar-refractivity contribution is 6.15. The van der Waals surface area contributed by atoms with E-state index in [0.717, 1.165) is 22.3 Å². The highest BCUT2D eigenvalue weighted by Crippen LogP contribution is 2.44. The fourth-order valence-corrected chi connectivity index (χ4v) is 6.91. The normalized spacial score (nSPS) is 11.4. The maximum atomic E-state index is 5.69. The first kappa shape index (κ1) is 26.1. The van der Waals surface area contributed by atoms with Gasteiger partial charge in [0, 0.05) is 10.8 Å². The van der Waals surface area contributed by atoms with Crippen LogP contribution < -0.4 is 9.47 Å². The predicted octanol–water partition coefficient (Wildman–Crippen LogP) is 11.3. The Kier molecular flexibility index (Phi) is 6.27. The molecule has 0 amide bonds. The minimum absolute atomic E-state index is 0.890. The van der Waals surface area contributed by atoms with Crippen molar-refractivity contribution in [1.82, 2.24) is 0 Å². The van der Waals surface area contributed by atoms with Gasteiger partial charge in [-0.25, -0.2) is 0 Å². The summed E-state index contributed by atoms with van der Waals surface area (Å²) in [4.78, 5) is 0. The van der Waals surface area contributed by atoms with Crippen LogP contribution in [-0.4, -0.2) is 14.2 Å². The first-order chi connectivity index (χ1) is 21.8. The Morgan fingerprint density at radius 1 is 0.250 bits per heavy atom. The third kappa shape index (κ3) is 4.03. The van der Waals surface area contributed by atoms with Crippen molar-refractivity contribution < 1.29 is 9.47 Å². The van der Waals surface area contributed by atoms with Crippen molar-refractivity contribution in [3.63, 3.8) is 0 Å². The molecule has 0 aliphatic rings. The second-order valence-corrected chi connectivity index (χ2v) is 11.1. The van der Waals surface area contributed by atoms with Crippen LogP contribution in [0.5, 0.6) is 11.5 Å². The van der Waals surface area contributed by atoms with Gasteiger partial charge in [-0.2, -0.15) is 0 Å². The first-order valence-electron chi connectivity index (χ1n) is 14.9. The zero-order valence-corrected chi connectivity index (χ0v) is 24.7. The van der Waals surface area contributed by atoms with E-state index in [-0.39, 0.29) is 0 Å². The van der Waals surface area contributed by atoms with Crippen LogP contribution in [0.25, 0.3) is 76.5 Å². The molecule has 8 aromatic rings. The minimum Gasteiger partial charge on any atom is -0.496 e. The fourth-order valence-electron chi connectivity index (χ4n) is 6.91. The van der Waals surface area contributed by atoms with Crippen molar-refractivity contribution in [2.24, 2.45) is 0 Å². The number of methoxy groups -OCH3 is 2. The summed E-state index contributed by atoms with van der Waals surface area (Å²) < 4.78 is 11.4. The van der Waals surface area contributed by atoms with E-state index in [1.54, 1.807) is 14.2 Å². The van der Waals surface area contributed by atoms with Gasteiger partial charge in [0.05, 0.1) is 14.2 Å². The molecular weight excluding hydrogens is 536 g/mol. The van der Waals surface area contributed by atoms with Crippen molar-refractivity contribution in [2.75, 3.05) is 14.2 Å². The van der Waals surface area contributed by atoms with E-state index >= 15 is 0 Å². The predicted molar refractivity (Wildman–Crippen MR) is 186 cm³/mol. The second kappa shape index (κ2) is 10.6. The van der Waals surface area contributed by atoms with Crippen molar-refractivity contribution in [3.05, 3.63) is 146 Å². The molecule has 210 valence electrons. The van der Waals surface area contributed by atoms with E-state index in [0.29, 0.717) is 0 Å². The fraction of sp³-hybridized carbons (Fsp3) is 0.0476. The van der Waals surface area contributed by atoms with Gasteiger partial charge < -0.3 is 9.47 Å². The molecule has 0 aromatic heterocycles. The monoisotopic (exact) mass is 566 g/mol. The Morgan fingerprint density at radius 3 is 0.705 bits per heavy atom. The molecule has 0 heterocycles. The van der Waals surface area contributed by atoms with E-state index < -0.39 is 0 Å². The molecule has 8 rings (SSSR count). The SMILES string of the molecule is COc1ccc(-c2ccc(-c3ccc(-c4ccc(OC)c5ccccc45)c4ccccc34)c3ccccc23)c2ccccc12. The van der Waals surface area contributed by atoms with Gasteiger partial charge in [-0.3, -0.25) is 0 Å². The standard InChI is InChI=1S/C42H30O2/c1-43-41-25-23-37(31-15-7-9-17-39(31)41)35-21-19-33(27-11-3-5-13-29(27)35)34-20-22-36(30-14-6-4-12-28(30)34)38-24-26-42(44-2)40-18-10-8-16-32(38)40/h3-26H,1-2H3. The zero-order chi connectivity index (χ0) is 29.6. The number of fused-ring (bicyclic) bond motifs is 4. The van der Waals surface area contributed by atoms with Crippen molar-refractivity contribution >= 4 is 43.1 Å². The second-order valence-electron chi connectivity index (χ2n) is 11.1. The molecule has 0 radical (unpaired) electrons. The van der Waals surface area contributed by atoms with Crippen LogP contribution in [0.2, 0.25) is 0 Å². The van der Waals surface area contributed by atoms with Crippen LogP contribution in [0, 0.1) is 0 Å². The van der Waals surface area contributed by atoms with E-state index in [9.17, 15) is 0 Å². The summed E-state index contributed by atoms with van der Waals surface area (Å²) in [7, 11) is 3.47. The Bertz CT molecular complexity index is 2200. The van der Waals surface area contributed by atoms with E-state index in [2.05, 4.69) is 146 Å². The summed E-state index contributed by atoms with van der Waals surface area (Å²) in [6, 6.07) is 52.2. The number of ether oxygens (including phenoxy) is 2. The van der Waals surface area contributed by atoms with Gasteiger partial charge in [-0.05, 0) is 77.8 Å². The lowest BCUT2D eigenvalue weighted by molar-refractivity contribution is 0.420. The molecule has 44 heavy (non-hydrogen) atoms. The van der Waals surface area contributed by atoms with Crippen LogP contribution >= 0.6 is 0 Å². The lowest BCUT2D eigenvalue weighted by Gasteiger charge is -2.18. The van der Waals surface area contributed by atoms with Gasteiger partial charge >= 0.3 is 0 Å². The quantitative estimate of drug-likeness (QED) is 0.206. The largest absolute Gasteiger partial charge is 0.496 e. The third-order valence-corrected chi connectivity index (χ3v) is 8.93. The first-order valence-corrected chi connectivity index (χ1v) is 14.9. The molecule has 0 atom stereocenters. The minimum atomic E-state index is 0.890. The molecule has 0 saturated heterocycles. The average molecular weight is 567 g/mol. The van der Waals surface area contributed by atoms with Gasteiger partial charge in [0.2, 0.25) is 0 Å². The molecule has 0 fully saturated rings. The Hall–Kier alpha value is -5.60. The van der Waals surface area contributed by atoms with Crippen LogP contribution in [0.1, 0.15) is 0 Å². The summed E-state index contributed by atoms with van der Waals surface area (Å²) in [5.41, 5.74) is 7.29. The summed E-state index contributed by atoms with van der Waals surface area (Å²) >= 11 is 0. The molecule has 0 unspecified atom stereocenters. The molecule has 0 saturated carbocycles. The lowest BCUT2D eigenvalue weighted by atomic mass is 9.86. The topological polar surface area (TPSA) is 18.5 Å². The number of benzene rings is 8. The highest BCUT2D eigenvalue weighted by Gasteiger charge is 2.17. The van der Waals surface area contributed by atoms with Crippen LogP contribution in [0.4, 0.5) is 0 Å². The maximum absolute atomic E-state index is 5.69. The molecule has 0 N–H and O–H groups in total. The van der Waals surface area contributed by atoms with Gasteiger partial charge in [0.1, 0.15) is 11.5 Å². The molecule has 8 aromatic carbocycles. The molecule has 2 nitrogen and oxygen atoms in total. The van der Waals surface area contributed by atoms with Gasteiger partial charge in [-0.1, -0.05) is 133 Å². The summed E-state index contributed by atoms with van der Waals surface area (Å²) in [5, 5.41) is 9.54. The molecule has 0 aliphatic heterocycles. The third-order valence-electron chi connectivity index (χ3n) is 8.93. The van der Waals surface area contributed by atoms with Crippen LogP contribution in [0.15, 0.2) is 146 Å². The maximum Gasteiger partial charge on any atom is 0.126 e. The Balaban J connectivity index is 1.35. The number of hydrogen-bond donors (Lipinski definition) is 0. The average Bonchev–Trinajstić information content (AvgIpc) is 3.10. The zero-order valence-electron chi connectivity index (χ0n) is 24.7. The summed E-state index contributed by atoms with van der Waals surface area (Å²) in [6.45, 7) is 0. The number of rotatable bonds is 5. The summed E-state index contributed by atoms with van der Waals surface area (Å²) in [6.07, 6.45) is 0. The molecule has 0 aliphatic carbocycles.